The first-order valence-electron chi connectivity index (χ1n) is 9.08. The van der Waals surface area contributed by atoms with Crippen LogP contribution in [-0.2, 0) is 0 Å². The Labute approximate surface area is 174 Å². The van der Waals surface area contributed by atoms with Gasteiger partial charge in [-0.05, 0) is 79.2 Å². The van der Waals surface area contributed by atoms with Gasteiger partial charge in [0, 0.05) is 10.6 Å². The molecule has 0 aliphatic rings. The summed E-state index contributed by atoms with van der Waals surface area (Å²) in [5.41, 5.74) is 1.79. The summed E-state index contributed by atoms with van der Waals surface area (Å²) in [6, 6.07) is 20.3. The van der Waals surface area contributed by atoms with Crippen molar-refractivity contribution in [1.29, 1.82) is 0 Å². The summed E-state index contributed by atoms with van der Waals surface area (Å²) in [6.07, 6.45) is 3.25. The number of benzene rings is 3. The van der Waals surface area contributed by atoms with Gasteiger partial charge >= 0.3 is 5.97 Å². The van der Waals surface area contributed by atoms with Gasteiger partial charge in [-0.2, -0.15) is 0 Å². The van der Waals surface area contributed by atoms with Crippen molar-refractivity contribution in [3.05, 3.63) is 101 Å². The zero-order valence-electron chi connectivity index (χ0n) is 15.8. The highest BCUT2D eigenvalue weighted by Gasteiger charge is 2.09. The van der Waals surface area contributed by atoms with E-state index in [1.165, 1.54) is 6.08 Å². The van der Waals surface area contributed by atoms with Crippen molar-refractivity contribution in [1.82, 2.24) is 0 Å². The van der Waals surface area contributed by atoms with Crippen molar-refractivity contribution in [2.24, 2.45) is 0 Å². The smallest absolute Gasteiger partial charge is 0.343 e. The van der Waals surface area contributed by atoms with Crippen molar-refractivity contribution in [2.75, 3.05) is 6.61 Å². The Kier molecular flexibility index (Phi) is 6.82. The second-order valence-electron chi connectivity index (χ2n) is 6.12. The molecule has 3 rings (SSSR count). The Morgan fingerprint density at radius 1 is 0.828 bits per heavy atom. The maximum atomic E-state index is 12.3. The number of hydrogen-bond acceptors (Lipinski definition) is 4. The zero-order valence-corrected chi connectivity index (χ0v) is 16.6. The first kappa shape index (κ1) is 20.4. The molecule has 3 aromatic carbocycles. The molecule has 4 nitrogen and oxygen atoms in total. The van der Waals surface area contributed by atoms with Crippen LogP contribution in [0.25, 0.3) is 6.08 Å². The van der Waals surface area contributed by atoms with Crippen LogP contribution in [-0.4, -0.2) is 18.4 Å². The van der Waals surface area contributed by atoms with Crippen LogP contribution >= 0.6 is 11.6 Å². The lowest BCUT2D eigenvalue weighted by Crippen LogP contribution is -2.08. The van der Waals surface area contributed by atoms with Gasteiger partial charge in [-0.1, -0.05) is 29.8 Å². The monoisotopic (exact) mass is 406 g/mol. The quantitative estimate of drug-likeness (QED) is 0.213. The maximum Gasteiger partial charge on any atom is 0.343 e. The third-order valence-electron chi connectivity index (χ3n) is 4.05. The molecule has 0 radical (unpaired) electrons. The van der Waals surface area contributed by atoms with Crippen LogP contribution in [0.5, 0.6) is 11.5 Å². The molecular formula is C24H19ClO4. The Bertz CT molecular complexity index is 1000. The number of halogens is 1. The van der Waals surface area contributed by atoms with Gasteiger partial charge in [-0.25, -0.2) is 4.79 Å². The van der Waals surface area contributed by atoms with Gasteiger partial charge in [-0.3, -0.25) is 4.79 Å². The second-order valence-corrected chi connectivity index (χ2v) is 6.56. The van der Waals surface area contributed by atoms with Crippen LogP contribution in [0.2, 0.25) is 5.02 Å². The van der Waals surface area contributed by atoms with Crippen LogP contribution in [0.3, 0.4) is 0 Å². The standard InChI is InChI=1S/C24H19ClO4/c1-2-28-21-12-3-17(4-13-21)5-16-23(26)18-8-14-22(15-9-18)29-24(27)19-6-10-20(25)11-7-19/h3-16H,2H2,1H3/b16-5+. The van der Waals surface area contributed by atoms with Crippen molar-refractivity contribution in [3.8, 4) is 11.5 Å². The highest BCUT2D eigenvalue weighted by molar-refractivity contribution is 6.30. The molecule has 0 aliphatic carbocycles. The fourth-order valence-electron chi connectivity index (χ4n) is 2.55. The van der Waals surface area contributed by atoms with Crippen molar-refractivity contribution in [3.63, 3.8) is 0 Å². The Morgan fingerprint density at radius 3 is 2.03 bits per heavy atom. The summed E-state index contributed by atoms with van der Waals surface area (Å²) in [7, 11) is 0. The molecule has 146 valence electrons. The van der Waals surface area contributed by atoms with E-state index in [4.69, 9.17) is 21.1 Å². The van der Waals surface area contributed by atoms with Crippen LogP contribution in [0.4, 0.5) is 0 Å². The number of rotatable bonds is 7. The SMILES string of the molecule is CCOc1ccc(/C=C/C(=O)c2ccc(OC(=O)c3ccc(Cl)cc3)cc2)cc1. The first-order chi connectivity index (χ1) is 14.0. The Morgan fingerprint density at radius 2 is 1.41 bits per heavy atom. The lowest BCUT2D eigenvalue weighted by atomic mass is 10.1. The Hall–Kier alpha value is -3.37. The van der Waals surface area contributed by atoms with Crippen molar-refractivity contribution >= 4 is 29.4 Å². The van der Waals surface area contributed by atoms with Gasteiger partial charge in [-0.15, -0.1) is 0 Å². The fraction of sp³-hybridized carbons (Fsp3) is 0.0833. The number of ketones is 1. The van der Waals surface area contributed by atoms with Gasteiger partial charge in [0.25, 0.3) is 0 Å². The molecule has 0 saturated heterocycles. The number of allylic oxidation sites excluding steroid dienone is 1. The molecule has 0 amide bonds. The minimum absolute atomic E-state index is 0.144. The van der Waals surface area contributed by atoms with Gasteiger partial charge in [0.05, 0.1) is 12.2 Å². The molecule has 0 N–H and O–H groups in total. The highest BCUT2D eigenvalue weighted by atomic mass is 35.5. The van der Waals surface area contributed by atoms with E-state index in [1.807, 2.05) is 31.2 Å². The van der Waals surface area contributed by atoms with Crippen LogP contribution in [0, 0.1) is 0 Å². The molecule has 0 unspecified atom stereocenters. The summed E-state index contributed by atoms with van der Waals surface area (Å²) in [4.78, 5) is 24.5. The summed E-state index contributed by atoms with van der Waals surface area (Å²) in [5.74, 6) is 0.516. The summed E-state index contributed by atoms with van der Waals surface area (Å²) >= 11 is 5.81. The van der Waals surface area contributed by atoms with E-state index in [2.05, 4.69) is 0 Å². The molecule has 0 fully saturated rings. The molecule has 0 spiro atoms. The van der Waals surface area contributed by atoms with Gasteiger partial charge in [0.15, 0.2) is 5.78 Å². The number of hydrogen-bond donors (Lipinski definition) is 0. The number of carbonyl (C=O) groups excluding carboxylic acids is 2. The van der Waals surface area contributed by atoms with E-state index >= 15 is 0 Å². The minimum Gasteiger partial charge on any atom is -0.494 e. The van der Waals surface area contributed by atoms with Crippen molar-refractivity contribution < 1.29 is 19.1 Å². The zero-order chi connectivity index (χ0) is 20.6. The van der Waals surface area contributed by atoms with Gasteiger partial charge in [0.1, 0.15) is 11.5 Å². The molecule has 29 heavy (non-hydrogen) atoms. The lowest BCUT2D eigenvalue weighted by Gasteiger charge is -2.05. The maximum absolute atomic E-state index is 12.3. The van der Waals surface area contributed by atoms with Crippen LogP contribution in [0.15, 0.2) is 78.9 Å². The number of carbonyl (C=O) groups is 2. The number of esters is 1. The molecule has 0 aliphatic heterocycles. The predicted molar refractivity (Wildman–Crippen MR) is 114 cm³/mol. The van der Waals surface area contributed by atoms with E-state index in [0.29, 0.717) is 28.5 Å². The average Bonchev–Trinajstić information content (AvgIpc) is 2.74. The molecule has 3 aromatic rings. The van der Waals surface area contributed by atoms with E-state index in [9.17, 15) is 9.59 Å². The lowest BCUT2D eigenvalue weighted by molar-refractivity contribution is 0.0734. The minimum atomic E-state index is -0.490. The normalized spacial score (nSPS) is 10.7. The van der Waals surface area contributed by atoms with E-state index in [1.54, 1.807) is 54.6 Å². The first-order valence-corrected chi connectivity index (χ1v) is 9.46. The average molecular weight is 407 g/mol. The van der Waals surface area contributed by atoms with Crippen LogP contribution in [0.1, 0.15) is 33.2 Å². The summed E-state index contributed by atoms with van der Waals surface area (Å²) in [5, 5.41) is 0.544. The number of ether oxygens (including phenoxy) is 2. The van der Waals surface area contributed by atoms with Gasteiger partial charge < -0.3 is 9.47 Å². The summed E-state index contributed by atoms with van der Waals surface area (Å²) in [6.45, 7) is 2.54. The van der Waals surface area contributed by atoms with E-state index in [0.717, 1.165) is 11.3 Å². The molecule has 0 aromatic heterocycles. The van der Waals surface area contributed by atoms with E-state index < -0.39 is 5.97 Å². The van der Waals surface area contributed by atoms with Crippen LogP contribution < -0.4 is 9.47 Å². The van der Waals surface area contributed by atoms with Gasteiger partial charge in [0.2, 0.25) is 0 Å². The molecule has 0 saturated carbocycles. The molecular weight excluding hydrogens is 388 g/mol. The molecule has 5 heteroatoms. The largest absolute Gasteiger partial charge is 0.494 e. The Balaban J connectivity index is 1.60. The van der Waals surface area contributed by atoms with E-state index in [-0.39, 0.29) is 5.78 Å². The highest BCUT2D eigenvalue weighted by Crippen LogP contribution is 2.17. The molecule has 0 heterocycles. The molecule has 0 bridgehead atoms. The fourth-order valence-corrected chi connectivity index (χ4v) is 2.68. The summed E-state index contributed by atoms with van der Waals surface area (Å²) < 4.78 is 10.7. The van der Waals surface area contributed by atoms with Crippen molar-refractivity contribution in [2.45, 2.75) is 6.92 Å². The predicted octanol–water partition coefficient (Wildman–Crippen LogP) is 5.85. The second kappa shape index (κ2) is 9.71. The topological polar surface area (TPSA) is 52.6 Å². The molecule has 0 atom stereocenters. The third kappa shape index (κ3) is 5.80. The third-order valence-corrected chi connectivity index (χ3v) is 4.30.